The van der Waals surface area contributed by atoms with E-state index in [1.54, 1.807) is 14.2 Å². The van der Waals surface area contributed by atoms with Gasteiger partial charge in [-0.05, 0) is 6.07 Å². The Labute approximate surface area is 87.7 Å². The van der Waals surface area contributed by atoms with Crippen molar-refractivity contribution in [3.05, 3.63) is 34.2 Å². The summed E-state index contributed by atoms with van der Waals surface area (Å²) >= 11 is 0. The Morgan fingerprint density at radius 1 is 1.53 bits per heavy atom. The lowest BCUT2D eigenvalue weighted by Crippen LogP contribution is -2.25. The van der Waals surface area contributed by atoms with Gasteiger partial charge < -0.3 is 14.6 Å². The lowest BCUT2D eigenvalue weighted by Gasteiger charge is -2.06. The second kappa shape index (κ2) is 5.31. The first kappa shape index (κ1) is 11.5. The van der Waals surface area contributed by atoms with Crippen LogP contribution in [0.3, 0.4) is 0 Å². The van der Waals surface area contributed by atoms with Crippen LogP contribution in [0.4, 0.5) is 0 Å². The van der Waals surface area contributed by atoms with Crippen LogP contribution in [-0.2, 0) is 11.3 Å². The van der Waals surface area contributed by atoms with Crippen LogP contribution in [0.15, 0.2) is 23.1 Å². The van der Waals surface area contributed by atoms with Crippen molar-refractivity contribution in [3.8, 4) is 0 Å². The standard InChI is InChI=1S/C10H14N2O3/c1-11-10(14)8-3-4-9(13)12(7-8)5-6-15-2/h3-4,7H,5-6H2,1-2H3,(H,11,14). The predicted molar refractivity (Wildman–Crippen MR) is 56.0 cm³/mol. The van der Waals surface area contributed by atoms with Crippen LogP contribution in [-0.4, -0.2) is 31.2 Å². The summed E-state index contributed by atoms with van der Waals surface area (Å²) in [6.45, 7) is 0.886. The minimum atomic E-state index is -0.207. The zero-order valence-electron chi connectivity index (χ0n) is 8.82. The number of nitrogens with one attached hydrogen (secondary N) is 1. The summed E-state index contributed by atoms with van der Waals surface area (Å²) in [6.07, 6.45) is 1.53. The fourth-order valence-corrected chi connectivity index (χ4v) is 1.17. The Hall–Kier alpha value is -1.62. The number of hydrogen-bond acceptors (Lipinski definition) is 3. The van der Waals surface area contributed by atoms with Crippen LogP contribution in [0, 0.1) is 0 Å². The average Bonchev–Trinajstić information content (AvgIpc) is 2.27. The van der Waals surface area contributed by atoms with Gasteiger partial charge in [-0.3, -0.25) is 9.59 Å². The fraction of sp³-hybridized carbons (Fsp3) is 0.400. The third-order valence-electron chi connectivity index (χ3n) is 2.01. The number of carbonyl (C=O) groups excluding carboxylic acids is 1. The average molecular weight is 210 g/mol. The minimum absolute atomic E-state index is 0.139. The Balaban J connectivity index is 2.95. The van der Waals surface area contributed by atoms with Crippen molar-refractivity contribution in [2.75, 3.05) is 20.8 Å². The molecule has 1 rings (SSSR count). The summed E-state index contributed by atoms with van der Waals surface area (Å²) in [7, 11) is 3.11. The molecule has 1 amide bonds. The Morgan fingerprint density at radius 3 is 2.87 bits per heavy atom. The number of aromatic nitrogens is 1. The molecule has 0 spiro atoms. The molecule has 0 aliphatic rings. The summed E-state index contributed by atoms with van der Waals surface area (Å²) in [5.41, 5.74) is 0.327. The normalized spacial score (nSPS) is 10.0. The molecule has 0 radical (unpaired) electrons. The van der Waals surface area contributed by atoms with Crippen molar-refractivity contribution in [3.63, 3.8) is 0 Å². The molecular weight excluding hydrogens is 196 g/mol. The maximum atomic E-state index is 11.4. The maximum Gasteiger partial charge on any atom is 0.252 e. The van der Waals surface area contributed by atoms with E-state index in [0.717, 1.165) is 0 Å². The molecule has 1 heterocycles. The van der Waals surface area contributed by atoms with Crippen molar-refractivity contribution in [2.45, 2.75) is 6.54 Å². The molecule has 0 bridgehead atoms. The number of ether oxygens (including phenoxy) is 1. The molecule has 0 fully saturated rings. The van der Waals surface area contributed by atoms with E-state index in [4.69, 9.17) is 4.74 Å². The lowest BCUT2D eigenvalue weighted by atomic mass is 10.2. The quantitative estimate of drug-likeness (QED) is 0.752. The van der Waals surface area contributed by atoms with Gasteiger partial charge in [-0.2, -0.15) is 0 Å². The topological polar surface area (TPSA) is 60.3 Å². The van der Waals surface area contributed by atoms with Crippen LogP contribution < -0.4 is 10.9 Å². The summed E-state index contributed by atoms with van der Waals surface area (Å²) < 4.78 is 6.32. The highest BCUT2D eigenvalue weighted by atomic mass is 16.5. The smallest absolute Gasteiger partial charge is 0.252 e. The SMILES string of the molecule is CNC(=O)c1ccc(=O)n(CCOC)c1. The third-order valence-corrected chi connectivity index (χ3v) is 2.01. The molecule has 82 valence electrons. The zero-order chi connectivity index (χ0) is 11.3. The van der Waals surface area contributed by atoms with Gasteiger partial charge in [-0.1, -0.05) is 0 Å². The van der Waals surface area contributed by atoms with Crippen molar-refractivity contribution < 1.29 is 9.53 Å². The van der Waals surface area contributed by atoms with E-state index in [1.807, 2.05) is 0 Å². The summed E-state index contributed by atoms with van der Waals surface area (Å²) in [6, 6.07) is 2.88. The monoisotopic (exact) mass is 210 g/mol. The van der Waals surface area contributed by atoms with Crippen molar-refractivity contribution in [1.29, 1.82) is 0 Å². The molecule has 5 heteroatoms. The van der Waals surface area contributed by atoms with Gasteiger partial charge in [-0.25, -0.2) is 0 Å². The number of carbonyl (C=O) groups is 1. The van der Waals surface area contributed by atoms with Crippen molar-refractivity contribution >= 4 is 5.91 Å². The summed E-state index contributed by atoms with van der Waals surface area (Å²) in [4.78, 5) is 22.7. The largest absolute Gasteiger partial charge is 0.383 e. The van der Waals surface area contributed by atoms with Crippen LogP contribution in [0.5, 0.6) is 0 Å². The van der Waals surface area contributed by atoms with E-state index in [-0.39, 0.29) is 11.5 Å². The molecule has 0 unspecified atom stereocenters. The Morgan fingerprint density at radius 2 is 2.27 bits per heavy atom. The molecule has 0 saturated carbocycles. The molecule has 1 aromatic heterocycles. The molecule has 5 nitrogen and oxygen atoms in total. The number of pyridine rings is 1. The molecule has 1 N–H and O–H groups in total. The van der Waals surface area contributed by atoms with Gasteiger partial charge in [0.1, 0.15) is 0 Å². The molecule has 0 saturated heterocycles. The fourth-order valence-electron chi connectivity index (χ4n) is 1.17. The number of amides is 1. The van der Waals surface area contributed by atoms with Gasteiger partial charge in [0.05, 0.1) is 12.2 Å². The Kier molecular flexibility index (Phi) is 4.05. The van der Waals surface area contributed by atoms with E-state index in [9.17, 15) is 9.59 Å². The van der Waals surface area contributed by atoms with Crippen LogP contribution in [0.25, 0.3) is 0 Å². The minimum Gasteiger partial charge on any atom is -0.383 e. The molecule has 0 aromatic carbocycles. The highest BCUT2D eigenvalue weighted by molar-refractivity contribution is 5.93. The molecule has 15 heavy (non-hydrogen) atoms. The van der Waals surface area contributed by atoms with Gasteiger partial charge in [-0.15, -0.1) is 0 Å². The maximum absolute atomic E-state index is 11.4. The van der Waals surface area contributed by atoms with Gasteiger partial charge in [0.2, 0.25) is 0 Å². The van der Waals surface area contributed by atoms with E-state index < -0.39 is 0 Å². The van der Waals surface area contributed by atoms with E-state index in [1.165, 1.54) is 22.9 Å². The number of rotatable bonds is 4. The van der Waals surface area contributed by atoms with Crippen molar-refractivity contribution in [2.24, 2.45) is 0 Å². The van der Waals surface area contributed by atoms with Gasteiger partial charge in [0, 0.05) is 33.0 Å². The number of nitrogens with zero attached hydrogens (tertiary/aromatic N) is 1. The van der Waals surface area contributed by atoms with Gasteiger partial charge >= 0.3 is 0 Å². The van der Waals surface area contributed by atoms with Crippen molar-refractivity contribution in [1.82, 2.24) is 9.88 Å². The first-order valence-corrected chi connectivity index (χ1v) is 4.60. The molecule has 0 aliphatic carbocycles. The summed E-state index contributed by atoms with van der Waals surface area (Å²) in [5.74, 6) is -0.207. The van der Waals surface area contributed by atoms with Crippen LogP contribution >= 0.6 is 0 Å². The molecule has 0 aliphatic heterocycles. The van der Waals surface area contributed by atoms with Crippen LogP contribution in [0.1, 0.15) is 10.4 Å². The molecule has 1 aromatic rings. The van der Waals surface area contributed by atoms with E-state index >= 15 is 0 Å². The molecule has 0 atom stereocenters. The lowest BCUT2D eigenvalue weighted by molar-refractivity contribution is 0.0962. The highest BCUT2D eigenvalue weighted by Gasteiger charge is 2.04. The third kappa shape index (κ3) is 2.92. The molecular formula is C10H14N2O3. The first-order chi connectivity index (χ1) is 7.19. The Bertz CT molecular complexity index is 398. The predicted octanol–water partition coefficient (Wildman–Crippen LogP) is -0.146. The van der Waals surface area contributed by atoms with Gasteiger partial charge in [0.15, 0.2) is 0 Å². The second-order valence-corrected chi connectivity index (χ2v) is 3.02. The first-order valence-electron chi connectivity index (χ1n) is 4.60. The highest BCUT2D eigenvalue weighted by Crippen LogP contribution is 1.95. The zero-order valence-corrected chi connectivity index (χ0v) is 8.82. The van der Waals surface area contributed by atoms with E-state index in [2.05, 4.69) is 5.32 Å². The number of methoxy groups -OCH3 is 1. The second-order valence-electron chi connectivity index (χ2n) is 3.02. The summed E-state index contributed by atoms with van der Waals surface area (Å²) in [5, 5.41) is 2.50. The van der Waals surface area contributed by atoms with Gasteiger partial charge in [0.25, 0.3) is 11.5 Å². The van der Waals surface area contributed by atoms with E-state index in [0.29, 0.717) is 18.7 Å². The van der Waals surface area contributed by atoms with Crippen LogP contribution in [0.2, 0.25) is 0 Å². The number of hydrogen-bond donors (Lipinski definition) is 1.